The number of hydrogen-bond acceptors (Lipinski definition) is 6. The lowest BCUT2D eigenvalue weighted by Gasteiger charge is -2.27. The summed E-state index contributed by atoms with van der Waals surface area (Å²) in [6.45, 7) is 3.01. The summed E-state index contributed by atoms with van der Waals surface area (Å²) in [6.07, 6.45) is 4.00. The van der Waals surface area contributed by atoms with Crippen LogP contribution < -0.4 is 10.5 Å². The molecule has 1 aromatic heterocycles. The van der Waals surface area contributed by atoms with Crippen molar-refractivity contribution in [1.82, 2.24) is 15.0 Å². The van der Waals surface area contributed by atoms with Gasteiger partial charge in [0.05, 0.1) is 13.2 Å². The van der Waals surface area contributed by atoms with E-state index in [4.69, 9.17) is 15.0 Å². The Morgan fingerprint density at radius 2 is 2.19 bits per heavy atom. The molecule has 6 heteroatoms. The topological polar surface area (TPSA) is 77.4 Å². The van der Waals surface area contributed by atoms with E-state index in [1.807, 2.05) is 0 Å². The van der Waals surface area contributed by atoms with E-state index in [1.54, 1.807) is 0 Å². The number of nitrogens with two attached hydrogens (primary N) is 1. The Bertz CT molecular complexity index is 322. The maximum absolute atomic E-state index is 6.01. The van der Waals surface area contributed by atoms with Gasteiger partial charge in [0, 0.05) is 6.54 Å². The van der Waals surface area contributed by atoms with E-state index in [9.17, 15) is 0 Å². The highest BCUT2D eigenvalue weighted by Gasteiger charge is 2.19. The Morgan fingerprint density at radius 1 is 1.44 bits per heavy atom. The molecule has 1 aliphatic rings. The molecular formula is C10H18N4O2. The minimum atomic E-state index is -0.203. The molecule has 1 saturated heterocycles. The van der Waals surface area contributed by atoms with E-state index in [0.717, 1.165) is 19.6 Å². The third-order valence-electron chi connectivity index (χ3n) is 2.83. The number of rotatable bonds is 4. The Kier molecular flexibility index (Phi) is 3.74. The van der Waals surface area contributed by atoms with E-state index in [0.29, 0.717) is 5.82 Å². The predicted molar refractivity (Wildman–Crippen MR) is 58.1 cm³/mol. The molecule has 2 rings (SSSR count). The SMILES string of the molecule is COc1nc(C(N)CN2CCCCC2)no1. The molecule has 0 saturated carbocycles. The van der Waals surface area contributed by atoms with Crippen molar-refractivity contribution >= 4 is 0 Å². The molecule has 1 fully saturated rings. The lowest BCUT2D eigenvalue weighted by atomic mass is 10.1. The molecule has 6 nitrogen and oxygen atoms in total. The summed E-state index contributed by atoms with van der Waals surface area (Å²) in [5, 5.41) is 3.79. The molecule has 0 amide bonds. The van der Waals surface area contributed by atoms with E-state index in [-0.39, 0.29) is 12.1 Å². The number of likely N-dealkylation sites (tertiary alicyclic amines) is 1. The molecular weight excluding hydrogens is 208 g/mol. The fourth-order valence-electron chi connectivity index (χ4n) is 1.96. The largest absolute Gasteiger partial charge is 0.452 e. The third-order valence-corrected chi connectivity index (χ3v) is 2.83. The smallest absolute Gasteiger partial charge is 0.417 e. The zero-order chi connectivity index (χ0) is 11.4. The molecule has 2 heterocycles. The van der Waals surface area contributed by atoms with Crippen molar-refractivity contribution in [2.75, 3.05) is 26.7 Å². The lowest BCUT2D eigenvalue weighted by Crippen LogP contribution is -2.36. The monoisotopic (exact) mass is 226 g/mol. The van der Waals surface area contributed by atoms with Crippen LogP contribution in [0.3, 0.4) is 0 Å². The third kappa shape index (κ3) is 2.70. The highest BCUT2D eigenvalue weighted by molar-refractivity contribution is 4.96. The van der Waals surface area contributed by atoms with Crippen LogP contribution in [0.4, 0.5) is 0 Å². The summed E-state index contributed by atoms with van der Waals surface area (Å²) in [6, 6.07) is -0.203. The van der Waals surface area contributed by atoms with Crippen molar-refractivity contribution in [3.63, 3.8) is 0 Å². The van der Waals surface area contributed by atoms with Gasteiger partial charge in [-0.1, -0.05) is 11.6 Å². The predicted octanol–water partition coefficient (Wildman–Crippen LogP) is 0.564. The van der Waals surface area contributed by atoms with E-state index < -0.39 is 0 Å². The molecule has 0 radical (unpaired) electrons. The summed E-state index contributed by atoms with van der Waals surface area (Å²) < 4.78 is 9.67. The van der Waals surface area contributed by atoms with Crippen LogP contribution in [0.1, 0.15) is 31.1 Å². The Hall–Kier alpha value is -1.14. The van der Waals surface area contributed by atoms with Gasteiger partial charge in [0.25, 0.3) is 0 Å². The first-order valence-electron chi connectivity index (χ1n) is 5.65. The zero-order valence-electron chi connectivity index (χ0n) is 9.56. The van der Waals surface area contributed by atoms with Crippen molar-refractivity contribution in [1.29, 1.82) is 0 Å². The van der Waals surface area contributed by atoms with Crippen LogP contribution in [0.15, 0.2) is 4.52 Å². The first-order valence-corrected chi connectivity index (χ1v) is 5.65. The minimum Gasteiger partial charge on any atom is -0.452 e. The first-order chi connectivity index (χ1) is 7.79. The highest BCUT2D eigenvalue weighted by Crippen LogP contribution is 2.15. The molecule has 1 atom stereocenters. The van der Waals surface area contributed by atoms with Gasteiger partial charge in [-0.05, 0) is 25.9 Å². The Balaban J connectivity index is 1.88. The van der Waals surface area contributed by atoms with Crippen molar-refractivity contribution in [2.24, 2.45) is 5.73 Å². The van der Waals surface area contributed by atoms with Crippen LogP contribution in [-0.2, 0) is 0 Å². The quantitative estimate of drug-likeness (QED) is 0.808. The van der Waals surface area contributed by atoms with E-state index in [1.165, 1.54) is 26.4 Å². The first kappa shape index (κ1) is 11.3. The fraction of sp³-hybridized carbons (Fsp3) is 0.800. The minimum absolute atomic E-state index is 0.170. The van der Waals surface area contributed by atoms with Crippen LogP contribution >= 0.6 is 0 Å². The summed E-state index contributed by atoms with van der Waals surface area (Å²) in [4.78, 5) is 6.39. The maximum Gasteiger partial charge on any atom is 0.417 e. The molecule has 0 bridgehead atoms. The molecule has 2 N–H and O–H groups in total. The molecule has 1 aliphatic heterocycles. The summed E-state index contributed by atoms with van der Waals surface area (Å²) >= 11 is 0. The van der Waals surface area contributed by atoms with Crippen LogP contribution in [-0.4, -0.2) is 41.8 Å². The van der Waals surface area contributed by atoms with Crippen LogP contribution in [0.2, 0.25) is 0 Å². The number of aromatic nitrogens is 2. The standard InChI is InChI=1S/C10H18N4O2/c1-15-10-12-9(13-16-10)8(11)7-14-5-3-2-4-6-14/h8H,2-7,11H2,1H3. The number of methoxy groups -OCH3 is 1. The number of ether oxygens (including phenoxy) is 1. The van der Waals surface area contributed by atoms with Crippen molar-refractivity contribution in [3.05, 3.63) is 5.82 Å². The summed E-state index contributed by atoms with van der Waals surface area (Å²) in [5.41, 5.74) is 6.01. The van der Waals surface area contributed by atoms with Gasteiger partial charge in [0.15, 0.2) is 5.82 Å². The van der Waals surface area contributed by atoms with Crippen LogP contribution in [0.5, 0.6) is 6.08 Å². The number of piperidine rings is 1. The number of nitrogens with zero attached hydrogens (tertiary/aromatic N) is 3. The van der Waals surface area contributed by atoms with Gasteiger partial charge in [-0.15, -0.1) is 0 Å². The zero-order valence-corrected chi connectivity index (χ0v) is 9.56. The van der Waals surface area contributed by atoms with Crippen LogP contribution in [0.25, 0.3) is 0 Å². The van der Waals surface area contributed by atoms with Crippen molar-refractivity contribution in [2.45, 2.75) is 25.3 Å². The molecule has 16 heavy (non-hydrogen) atoms. The Morgan fingerprint density at radius 3 is 2.81 bits per heavy atom. The second-order valence-electron chi connectivity index (χ2n) is 4.09. The highest BCUT2D eigenvalue weighted by atomic mass is 16.6. The average Bonchev–Trinajstić information content (AvgIpc) is 2.79. The van der Waals surface area contributed by atoms with Gasteiger partial charge in [-0.25, -0.2) is 0 Å². The second-order valence-corrected chi connectivity index (χ2v) is 4.09. The maximum atomic E-state index is 6.01. The molecule has 0 aromatic carbocycles. The van der Waals surface area contributed by atoms with Gasteiger partial charge >= 0.3 is 6.08 Å². The van der Waals surface area contributed by atoms with Crippen LogP contribution in [0, 0.1) is 0 Å². The van der Waals surface area contributed by atoms with Crippen molar-refractivity contribution < 1.29 is 9.26 Å². The van der Waals surface area contributed by atoms with Gasteiger partial charge in [-0.2, -0.15) is 4.98 Å². The summed E-state index contributed by atoms with van der Waals surface area (Å²) in [5.74, 6) is 0.516. The lowest BCUT2D eigenvalue weighted by molar-refractivity contribution is 0.212. The van der Waals surface area contributed by atoms with Gasteiger partial charge < -0.3 is 15.4 Å². The van der Waals surface area contributed by atoms with E-state index >= 15 is 0 Å². The normalized spacial score (nSPS) is 19.6. The Labute approximate surface area is 94.7 Å². The molecule has 1 aromatic rings. The second kappa shape index (κ2) is 5.27. The molecule has 90 valence electrons. The number of hydrogen-bond donors (Lipinski definition) is 1. The summed E-state index contributed by atoms with van der Waals surface area (Å²) in [7, 11) is 1.49. The average molecular weight is 226 g/mol. The molecule has 1 unspecified atom stereocenters. The van der Waals surface area contributed by atoms with Gasteiger partial charge in [0.1, 0.15) is 0 Å². The molecule has 0 aliphatic carbocycles. The molecule has 0 spiro atoms. The van der Waals surface area contributed by atoms with Gasteiger partial charge in [-0.3, -0.25) is 4.52 Å². The van der Waals surface area contributed by atoms with E-state index in [2.05, 4.69) is 15.0 Å². The fourth-order valence-corrected chi connectivity index (χ4v) is 1.96. The van der Waals surface area contributed by atoms with Gasteiger partial charge in [0.2, 0.25) is 0 Å². The van der Waals surface area contributed by atoms with Crippen molar-refractivity contribution in [3.8, 4) is 6.08 Å².